The zero-order valence-corrected chi connectivity index (χ0v) is 14.5. The Morgan fingerprint density at radius 1 is 0.905 bits per heavy atom. The van der Waals surface area contributed by atoms with Crippen molar-refractivity contribution in [2.24, 2.45) is 5.73 Å². The summed E-state index contributed by atoms with van der Waals surface area (Å²) in [5.41, 5.74) is 12.3. The molecule has 2 rings (SSSR count). The highest BCUT2D eigenvalue weighted by molar-refractivity contribution is 7.12. The smallest absolute Gasteiger partial charge is 0.0651 e. The van der Waals surface area contributed by atoms with Gasteiger partial charge in [0.2, 0.25) is 0 Å². The summed E-state index contributed by atoms with van der Waals surface area (Å²) in [5.74, 6) is 0. The van der Waals surface area contributed by atoms with Crippen molar-refractivity contribution in [1.82, 2.24) is 0 Å². The number of hydrogen-bond acceptors (Lipinski definition) is 2. The van der Waals surface area contributed by atoms with Crippen LogP contribution in [0, 0.1) is 0 Å². The SMILES string of the molecule is CCc1cc(CC)c(C(N)c2ccc(CC)s2)c(CC)c1. The van der Waals surface area contributed by atoms with E-state index >= 15 is 0 Å². The van der Waals surface area contributed by atoms with Crippen LogP contribution in [-0.2, 0) is 25.7 Å². The minimum Gasteiger partial charge on any atom is -0.320 e. The second-order valence-corrected chi connectivity index (χ2v) is 6.72. The van der Waals surface area contributed by atoms with Crippen LogP contribution in [0.2, 0.25) is 0 Å². The van der Waals surface area contributed by atoms with Gasteiger partial charge in [-0.3, -0.25) is 0 Å². The molecule has 1 aromatic carbocycles. The van der Waals surface area contributed by atoms with Crippen LogP contribution in [0.5, 0.6) is 0 Å². The predicted octanol–water partition coefficient (Wildman–Crippen LogP) is 5.05. The maximum Gasteiger partial charge on any atom is 0.0651 e. The second kappa shape index (κ2) is 7.24. The lowest BCUT2D eigenvalue weighted by Crippen LogP contribution is -2.16. The van der Waals surface area contributed by atoms with Gasteiger partial charge in [0.05, 0.1) is 6.04 Å². The third-order valence-electron chi connectivity index (χ3n) is 4.23. The zero-order valence-electron chi connectivity index (χ0n) is 13.7. The fraction of sp³-hybridized carbons (Fsp3) is 0.474. The number of benzene rings is 1. The maximum atomic E-state index is 6.64. The lowest BCUT2D eigenvalue weighted by molar-refractivity contribution is 0.840. The van der Waals surface area contributed by atoms with Crippen LogP contribution < -0.4 is 5.73 Å². The molecule has 1 heterocycles. The van der Waals surface area contributed by atoms with Crippen molar-refractivity contribution in [2.45, 2.75) is 59.4 Å². The molecule has 2 aromatic rings. The molecule has 0 bridgehead atoms. The Labute approximate surface area is 133 Å². The second-order valence-electron chi connectivity index (χ2n) is 5.52. The van der Waals surface area contributed by atoms with Crippen LogP contribution in [0.4, 0.5) is 0 Å². The minimum atomic E-state index is 0.0195. The molecule has 0 aliphatic carbocycles. The summed E-state index contributed by atoms with van der Waals surface area (Å²) >= 11 is 1.86. The normalized spacial score (nSPS) is 12.6. The average Bonchev–Trinajstić information content (AvgIpc) is 3.01. The van der Waals surface area contributed by atoms with Gasteiger partial charge in [-0.05, 0) is 60.1 Å². The van der Waals surface area contributed by atoms with Crippen molar-refractivity contribution in [1.29, 1.82) is 0 Å². The number of nitrogens with two attached hydrogens (primary N) is 1. The molecule has 1 atom stereocenters. The molecule has 0 saturated carbocycles. The number of aryl methyl sites for hydroxylation is 4. The zero-order chi connectivity index (χ0) is 15.4. The van der Waals surface area contributed by atoms with Crippen LogP contribution in [0.25, 0.3) is 0 Å². The first kappa shape index (κ1) is 16.3. The van der Waals surface area contributed by atoms with Crippen molar-refractivity contribution in [3.63, 3.8) is 0 Å². The van der Waals surface area contributed by atoms with Gasteiger partial charge >= 0.3 is 0 Å². The highest BCUT2D eigenvalue weighted by Gasteiger charge is 2.18. The quantitative estimate of drug-likeness (QED) is 0.794. The predicted molar refractivity (Wildman–Crippen MR) is 94.3 cm³/mol. The molecule has 114 valence electrons. The summed E-state index contributed by atoms with van der Waals surface area (Å²) in [5, 5.41) is 0. The van der Waals surface area contributed by atoms with Crippen molar-refractivity contribution in [3.05, 3.63) is 56.3 Å². The summed E-state index contributed by atoms with van der Waals surface area (Å²) in [7, 11) is 0. The highest BCUT2D eigenvalue weighted by atomic mass is 32.1. The van der Waals surface area contributed by atoms with Gasteiger partial charge in [-0.1, -0.05) is 39.8 Å². The van der Waals surface area contributed by atoms with E-state index in [1.165, 1.54) is 32.0 Å². The standard InChI is InChI=1S/C19H27NS/c1-5-13-11-14(6-2)18(15(7-3)12-13)19(20)17-10-9-16(8-4)21-17/h9-12,19H,5-8,20H2,1-4H3. The molecule has 0 fully saturated rings. The van der Waals surface area contributed by atoms with Gasteiger partial charge < -0.3 is 5.73 Å². The van der Waals surface area contributed by atoms with E-state index in [4.69, 9.17) is 5.73 Å². The Morgan fingerprint density at radius 2 is 1.52 bits per heavy atom. The van der Waals surface area contributed by atoms with Crippen LogP contribution in [0.1, 0.15) is 65.7 Å². The molecule has 0 amide bonds. The molecular formula is C19H27NS. The van der Waals surface area contributed by atoms with Gasteiger partial charge in [-0.15, -0.1) is 11.3 Å². The molecule has 21 heavy (non-hydrogen) atoms. The Balaban J connectivity index is 2.50. The third-order valence-corrected chi connectivity index (χ3v) is 5.54. The maximum absolute atomic E-state index is 6.64. The lowest BCUT2D eigenvalue weighted by atomic mass is 9.89. The summed E-state index contributed by atoms with van der Waals surface area (Å²) in [6, 6.07) is 9.15. The highest BCUT2D eigenvalue weighted by Crippen LogP contribution is 2.32. The average molecular weight is 301 g/mol. The van der Waals surface area contributed by atoms with Gasteiger partial charge in [0, 0.05) is 9.75 Å². The molecule has 2 N–H and O–H groups in total. The van der Waals surface area contributed by atoms with Crippen LogP contribution >= 0.6 is 11.3 Å². The summed E-state index contributed by atoms with van der Waals surface area (Å²) < 4.78 is 0. The fourth-order valence-electron chi connectivity index (χ4n) is 2.93. The number of hydrogen-bond donors (Lipinski definition) is 1. The van der Waals surface area contributed by atoms with Crippen molar-refractivity contribution in [2.75, 3.05) is 0 Å². The Morgan fingerprint density at radius 3 is 1.95 bits per heavy atom. The van der Waals surface area contributed by atoms with Crippen molar-refractivity contribution >= 4 is 11.3 Å². The largest absolute Gasteiger partial charge is 0.320 e. The van der Waals surface area contributed by atoms with Crippen LogP contribution in [-0.4, -0.2) is 0 Å². The number of thiophene rings is 1. The third kappa shape index (κ3) is 3.38. The summed E-state index contributed by atoms with van der Waals surface area (Å²) in [6.45, 7) is 8.89. The van der Waals surface area contributed by atoms with Gasteiger partial charge in [-0.25, -0.2) is 0 Å². The molecular weight excluding hydrogens is 274 g/mol. The first-order chi connectivity index (χ1) is 10.1. The topological polar surface area (TPSA) is 26.0 Å². The van der Waals surface area contributed by atoms with Crippen molar-refractivity contribution in [3.8, 4) is 0 Å². The fourth-order valence-corrected chi connectivity index (χ4v) is 3.90. The molecule has 1 unspecified atom stereocenters. The Kier molecular flexibility index (Phi) is 5.60. The van der Waals surface area contributed by atoms with E-state index in [2.05, 4.69) is 52.0 Å². The first-order valence-electron chi connectivity index (χ1n) is 8.13. The number of rotatable bonds is 6. The Hall–Kier alpha value is -1.12. The summed E-state index contributed by atoms with van der Waals surface area (Å²) in [6.07, 6.45) is 4.29. The van der Waals surface area contributed by atoms with Crippen LogP contribution in [0.15, 0.2) is 24.3 Å². The van der Waals surface area contributed by atoms with Crippen molar-refractivity contribution < 1.29 is 0 Å². The van der Waals surface area contributed by atoms with E-state index in [0.29, 0.717) is 0 Å². The Bertz CT molecular complexity index is 572. The van der Waals surface area contributed by atoms with Crippen LogP contribution in [0.3, 0.4) is 0 Å². The molecule has 0 spiro atoms. The van der Waals surface area contributed by atoms with E-state index in [1.807, 2.05) is 11.3 Å². The van der Waals surface area contributed by atoms with E-state index in [0.717, 1.165) is 25.7 Å². The van der Waals surface area contributed by atoms with Gasteiger partial charge in [-0.2, -0.15) is 0 Å². The molecule has 0 radical (unpaired) electrons. The molecule has 0 aliphatic rings. The van der Waals surface area contributed by atoms with E-state index in [-0.39, 0.29) is 6.04 Å². The van der Waals surface area contributed by atoms with Gasteiger partial charge in [0.15, 0.2) is 0 Å². The van der Waals surface area contributed by atoms with Gasteiger partial charge in [0.25, 0.3) is 0 Å². The molecule has 0 aliphatic heterocycles. The lowest BCUT2D eigenvalue weighted by Gasteiger charge is -2.20. The molecule has 1 aromatic heterocycles. The van der Waals surface area contributed by atoms with E-state index < -0.39 is 0 Å². The minimum absolute atomic E-state index is 0.0195. The first-order valence-corrected chi connectivity index (χ1v) is 8.94. The monoisotopic (exact) mass is 301 g/mol. The molecule has 0 saturated heterocycles. The molecule has 2 heteroatoms. The van der Waals surface area contributed by atoms with E-state index in [9.17, 15) is 0 Å². The summed E-state index contributed by atoms with van der Waals surface area (Å²) in [4.78, 5) is 2.71. The molecule has 1 nitrogen and oxygen atoms in total. The van der Waals surface area contributed by atoms with E-state index in [1.54, 1.807) is 0 Å². The van der Waals surface area contributed by atoms with Gasteiger partial charge in [0.1, 0.15) is 0 Å².